The van der Waals surface area contributed by atoms with E-state index in [0.29, 0.717) is 12.1 Å². The average Bonchev–Trinajstić information content (AvgIpc) is 3.04. The highest BCUT2D eigenvalue weighted by molar-refractivity contribution is 7.99. The van der Waals surface area contributed by atoms with E-state index in [1.54, 1.807) is 17.7 Å². The van der Waals surface area contributed by atoms with Crippen LogP contribution in [0.1, 0.15) is 20.8 Å². The number of carbonyl (C=O) groups excluding carboxylic acids is 1. The largest absolute Gasteiger partial charge is 0.379 e. The van der Waals surface area contributed by atoms with Gasteiger partial charge in [0.1, 0.15) is 16.2 Å². The van der Waals surface area contributed by atoms with E-state index in [0.717, 1.165) is 53.0 Å². The number of ether oxygens (including phenoxy) is 1. The summed E-state index contributed by atoms with van der Waals surface area (Å²) in [6.45, 7) is 9.04. The Morgan fingerprint density at radius 2 is 2.03 bits per heavy atom. The van der Waals surface area contributed by atoms with E-state index in [2.05, 4.69) is 34.0 Å². The molecule has 1 amide bonds. The predicted molar refractivity (Wildman–Crippen MR) is 117 cm³/mol. The van der Waals surface area contributed by atoms with Gasteiger partial charge in [0.15, 0.2) is 0 Å². The first-order valence-corrected chi connectivity index (χ1v) is 11.3. The van der Waals surface area contributed by atoms with Gasteiger partial charge in [0.25, 0.3) is 5.91 Å². The number of thiophene rings is 1. The zero-order valence-corrected chi connectivity index (χ0v) is 18.2. The van der Waals surface area contributed by atoms with Crippen molar-refractivity contribution in [3.8, 4) is 0 Å². The number of fused-ring (bicyclic) bond motifs is 1. The summed E-state index contributed by atoms with van der Waals surface area (Å²) in [4.78, 5) is 27.2. The topological polar surface area (TPSA) is 67.4 Å². The van der Waals surface area contributed by atoms with Gasteiger partial charge in [0.2, 0.25) is 0 Å². The normalized spacial score (nSPS) is 15.0. The van der Waals surface area contributed by atoms with Gasteiger partial charge in [-0.2, -0.15) is 0 Å². The number of nitrogens with zero attached hydrogens (tertiary/aromatic N) is 3. The number of nitrogens with one attached hydrogen (secondary N) is 1. The zero-order valence-electron chi connectivity index (χ0n) is 16.6. The average molecular weight is 429 g/mol. The molecule has 0 unspecified atom stereocenters. The molecule has 0 radical (unpaired) electrons. The van der Waals surface area contributed by atoms with Crippen LogP contribution in [0.25, 0.3) is 10.2 Å². The van der Waals surface area contributed by atoms with Crippen molar-refractivity contribution >= 4 is 39.2 Å². The molecule has 1 aromatic carbocycles. The molecule has 1 aliphatic heterocycles. The number of hydrogen-bond acceptors (Lipinski definition) is 7. The summed E-state index contributed by atoms with van der Waals surface area (Å²) >= 11 is 3.21. The standard InChI is InChI=1S/C21H24N4O2S2/c1-14-15(2)28-20-18(14)21(24-13-23-20)29-17-6-4-3-5-16(17)19(26)22-7-8-25-9-11-27-12-10-25/h3-6,13H,7-12H2,1-2H3,(H,22,26). The van der Waals surface area contributed by atoms with Gasteiger partial charge in [-0.25, -0.2) is 9.97 Å². The van der Waals surface area contributed by atoms with Crippen LogP contribution in [-0.4, -0.2) is 60.2 Å². The number of hydrogen-bond donors (Lipinski definition) is 1. The predicted octanol–water partition coefficient (Wildman–Crippen LogP) is 3.52. The summed E-state index contributed by atoms with van der Waals surface area (Å²) in [6.07, 6.45) is 1.60. The van der Waals surface area contributed by atoms with Gasteiger partial charge in [-0.15, -0.1) is 11.3 Å². The Kier molecular flexibility index (Phi) is 6.44. The summed E-state index contributed by atoms with van der Waals surface area (Å²) in [6, 6.07) is 7.70. The molecule has 29 heavy (non-hydrogen) atoms. The highest BCUT2D eigenvalue weighted by Gasteiger charge is 2.17. The summed E-state index contributed by atoms with van der Waals surface area (Å²) in [5.41, 5.74) is 1.89. The van der Waals surface area contributed by atoms with Crippen LogP contribution in [0, 0.1) is 13.8 Å². The van der Waals surface area contributed by atoms with Gasteiger partial charge in [0, 0.05) is 41.3 Å². The van der Waals surface area contributed by atoms with Crippen LogP contribution in [0.15, 0.2) is 40.5 Å². The molecule has 0 atom stereocenters. The fraction of sp³-hybridized carbons (Fsp3) is 0.381. The van der Waals surface area contributed by atoms with E-state index in [1.807, 2.05) is 24.3 Å². The molecule has 0 bridgehead atoms. The van der Waals surface area contributed by atoms with Gasteiger partial charge in [0.05, 0.1) is 18.8 Å². The Labute approximate surface area is 178 Å². The maximum absolute atomic E-state index is 12.8. The maximum Gasteiger partial charge on any atom is 0.252 e. The summed E-state index contributed by atoms with van der Waals surface area (Å²) in [5, 5.41) is 5.04. The third kappa shape index (κ3) is 4.61. The highest BCUT2D eigenvalue weighted by atomic mass is 32.2. The van der Waals surface area contributed by atoms with Crippen molar-refractivity contribution in [3.63, 3.8) is 0 Å². The van der Waals surface area contributed by atoms with Crippen LogP contribution in [0.2, 0.25) is 0 Å². The second-order valence-electron chi connectivity index (χ2n) is 6.95. The van der Waals surface area contributed by atoms with Crippen LogP contribution in [0.3, 0.4) is 0 Å². The molecule has 0 aliphatic carbocycles. The van der Waals surface area contributed by atoms with Crippen molar-refractivity contribution in [1.82, 2.24) is 20.2 Å². The van der Waals surface area contributed by atoms with Gasteiger partial charge in [-0.05, 0) is 31.5 Å². The van der Waals surface area contributed by atoms with E-state index >= 15 is 0 Å². The third-order valence-corrected chi connectivity index (χ3v) is 7.28. The highest BCUT2D eigenvalue weighted by Crippen LogP contribution is 2.38. The number of aromatic nitrogens is 2. The van der Waals surface area contributed by atoms with Gasteiger partial charge < -0.3 is 10.1 Å². The van der Waals surface area contributed by atoms with E-state index in [1.165, 1.54) is 22.2 Å². The summed E-state index contributed by atoms with van der Waals surface area (Å²) in [5.74, 6) is -0.0510. The molecule has 0 spiro atoms. The fourth-order valence-electron chi connectivity index (χ4n) is 3.32. The smallest absolute Gasteiger partial charge is 0.252 e. The minimum absolute atomic E-state index is 0.0510. The number of rotatable bonds is 6. The number of amides is 1. The minimum atomic E-state index is -0.0510. The second-order valence-corrected chi connectivity index (χ2v) is 9.18. The van der Waals surface area contributed by atoms with Crippen molar-refractivity contribution < 1.29 is 9.53 Å². The van der Waals surface area contributed by atoms with Crippen molar-refractivity contribution in [2.24, 2.45) is 0 Å². The molecule has 152 valence electrons. The Hall–Kier alpha value is -2.00. The lowest BCUT2D eigenvalue weighted by molar-refractivity contribution is 0.0383. The van der Waals surface area contributed by atoms with Crippen LogP contribution >= 0.6 is 23.1 Å². The Morgan fingerprint density at radius 1 is 1.24 bits per heavy atom. The van der Waals surface area contributed by atoms with Crippen molar-refractivity contribution in [2.75, 3.05) is 39.4 Å². The first kappa shape index (κ1) is 20.3. The molecule has 3 aromatic rings. The van der Waals surface area contributed by atoms with E-state index in [9.17, 15) is 4.79 Å². The lowest BCUT2D eigenvalue weighted by atomic mass is 10.2. The number of aryl methyl sites for hydroxylation is 2. The third-order valence-electron chi connectivity index (χ3n) is 5.09. The van der Waals surface area contributed by atoms with E-state index in [4.69, 9.17) is 4.74 Å². The van der Waals surface area contributed by atoms with Crippen LogP contribution in [0.4, 0.5) is 0 Å². The Morgan fingerprint density at radius 3 is 2.86 bits per heavy atom. The summed E-state index contributed by atoms with van der Waals surface area (Å²) < 4.78 is 5.37. The quantitative estimate of drug-likeness (QED) is 0.606. The number of carbonyl (C=O) groups is 1. The SMILES string of the molecule is Cc1sc2ncnc(Sc3ccccc3C(=O)NCCN3CCOCC3)c2c1C. The monoisotopic (exact) mass is 428 g/mol. The first-order valence-electron chi connectivity index (χ1n) is 9.69. The van der Waals surface area contributed by atoms with E-state index < -0.39 is 0 Å². The maximum atomic E-state index is 12.8. The number of benzene rings is 1. The molecule has 1 saturated heterocycles. The summed E-state index contributed by atoms with van der Waals surface area (Å²) in [7, 11) is 0. The molecule has 0 saturated carbocycles. The second kappa shape index (κ2) is 9.21. The molecule has 6 nitrogen and oxygen atoms in total. The molecule has 4 rings (SSSR count). The fourth-order valence-corrected chi connectivity index (χ4v) is 5.46. The van der Waals surface area contributed by atoms with E-state index in [-0.39, 0.29) is 5.91 Å². The van der Waals surface area contributed by atoms with Crippen LogP contribution in [0.5, 0.6) is 0 Å². The van der Waals surface area contributed by atoms with Crippen molar-refractivity contribution in [1.29, 1.82) is 0 Å². The first-order chi connectivity index (χ1) is 14.1. The molecular weight excluding hydrogens is 404 g/mol. The van der Waals surface area contributed by atoms with Crippen LogP contribution in [-0.2, 0) is 4.74 Å². The Bertz CT molecular complexity index is 1020. The number of morpholine rings is 1. The zero-order chi connectivity index (χ0) is 20.2. The lowest BCUT2D eigenvalue weighted by Gasteiger charge is -2.26. The van der Waals surface area contributed by atoms with Crippen molar-refractivity contribution in [3.05, 3.63) is 46.6 Å². The Balaban J connectivity index is 1.49. The minimum Gasteiger partial charge on any atom is -0.379 e. The molecule has 8 heteroatoms. The van der Waals surface area contributed by atoms with Gasteiger partial charge in [-0.3, -0.25) is 9.69 Å². The molecule has 1 fully saturated rings. The molecule has 2 aromatic heterocycles. The molecule has 1 N–H and O–H groups in total. The van der Waals surface area contributed by atoms with Crippen LogP contribution < -0.4 is 5.32 Å². The lowest BCUT2D eigenvalue weighted by Crippen LogP contribution is -2.41. The molecular formula is C21H24N4O2S2. The molecule has 1 aliphatic rings. The van der Waals surface area contributed by atoms with Gasteiger partial charge >= 0.3 is 0 Å². The van der Waals surface area contributed by atoms with Gasteiger partial charge in [-0.1, -0.05) is 23.9 Å². The molecule has 3 heterocycles. The van der Waals surface area contributed by atoms with Crippen molar-refractivity contribution in [2.45, 2.75) is 23.8 Å².